The molecule has 0 fully saturated rings. The van der Waals surface area contributed by atoms with Crippen molar-refractivity contribution in [1.29, 1.82) is 0 Å². The van der Waals surface area contributed by atoms with Crippen LogP contribution < -0.4 is 4.72 Å². The van der Waals surface area contributed by atoms with Gasteiger partial charge in [0, 0.05) is 5.56 Å². The van der Waals surface area contributed by atoms with Crippen LogP contribution >= 0.6 is 0 Å². The molecule has 0 amide bonds. The fourth-order valence-electron chi connectivity index (χ4n) is 4.75. The average Bonchev–Trinajstić information content (AvgIpc) is 2.89. The summed E-state index contributed by atoms with van der Waals surface area (Å²) in [6, 6.07) is 15.8. The fourth-order valence-corrected chi connectivity index (χ4v) is 6.01. The monoisotopic (exact) mass is 542 g/mol. The molecule has 0 radical (unpaired) electrons. The summed E-state index contributed by atoms with van der Waals surface area (Å²) in [6.45, 7) is 4.27. The van der Waals surface area contributed by atoms with Crippen molar-refractivity contribution < 1.29 is 13.2 Å². The average molecular weight is 543 g/mol. The minimum atomic E-state index is -3.69. The van der Waals surface area contributed by atoms with Crippen LogP contribution in [0.1, 0.15) is 114 Å². The summed E-state index contributed by atoms with van der Waals surface area (Å²) in [7, 11) is -3.69. The number of hydrogen-bond acceptors (Lipinski definition) is 3. The van der Waals surface area contributed by atoms with Gasteiger partial charge in [-0.05, 0) is 37.6 Å². The van der Waals surface area contributed by atoms with E-state index in [4.69, 9.17) is 0 Å². The summed E-state index contributed by atoms with van der Waals surface area (Å²) in [5.41, 5.74) is 1.81. The molecule has 2 rings (SSSR count). The number of hydrogen-bond donors (Lipinski definition) is 1. The van der Waals surface area contributed by atoms with E-state index < -0.39 is 16.1 Å². The molecule has 0 saturated carbocycles. The summed E-state index contributed by atoms with van der Waals surface area (Å²) in [6.07, 6.45) is 20.0. The smallest absolute Gasteiger partial charge is 0.241 e. The van der Waals surface area contributed by atoms with Crippen LogP contribution in [-0.4, -0.2) is 32.0 Å². The molecule has 0 aromatic heterocycles. The van der Waals surface area contributed by atoms with Crippen molar-refractivity contribution in [3.05, 3.63) is 70.9 Å². The van der Waals surface area contributed by atoms with E-state index in [-0.39, 0.29) is 11.4 Å². The van der Waals surface area contributed by atoms with Gasteiger partial charge in [-0.2, -0.15) is 0 Å². The molecule has 0 aliphatic heterocycles. The van der Waals surface area contributed by atoms with Crippen molar-refractivity contribution in [1.82, 2.24) is 4.72 Å². The molecule has 2 aromatic carbocycles. The first-order valence-electron chi connectivity index (χ1n) is 14.8. The topological polar surface area (TPSA) is 72.2 Å². The highest BCUT2D eigenvalue weighted by Crippen LogP contribution is 2.16. The van der Waals surface area contributed by atoms with Gasteiger partial charge in [0.25, 0.3) is 0 Å². The van der Waals surface area contributed by atoms with Crippen LogP contribution in [0.5, 0.6) is 0 Å². The summed E-state index contributed by atoms with van der Waals surface area (Å²) >= 11 is 0. The highest BCUT2D eigenvalue weighted by Gasteiger charge is 2.22. The SMILES string of the molecule is CCCCCCCCCCCCCCCCC(C/[N+]([O-])=C/c1ccccc1)NS(=O)(=O)c1ccc(C)cc1. The van der Waals surface area contributed by atoms with Crippen molar-refractivity contribution in [2.24, 2.45) is 0 Å². The maximum absolute atomic E-state index is 13.0. The minimum absolute atomic E-state index is 0.0818. The maximum Gasteiger partial charge on any atom is 0.241 e. The number of nitrogens with one attached hydrogen (secondary N) is 1. The lowest BCUT2D eigenvalue weighted by molar-refractivity contribution is -0.455. The van der Waals surface area contributed by atoms with E-state index in [0.717, 1.165) is 35.1 Å². The zero-order valence-electron chi connectivity index (χ0n) is 23.7. The third-order valence-corrected chi connectivity index (χ3v) is 8.59. The molecule has 6 heteroatoms. The van der Waals surface area contributed by atoms with Crippen molar-refractivity contribution >= 4 is 16.2 Å². The summed E-state index contributed by atoms with van der Waals surface area (Å²) < 4.78 is 29.7. The van der Waals surface area contributed by atoms with Crippen LogP contribution in [0.3, 0.4) is 0 Å². The predicted molar refractivity (Wildman–Crippen MR) is 160 cm³/mol. The number of aryl methyl sites for hydroxylation is 1. The van der Waals surface area contributed by atoms with E-state index in [1.807, 2.05) is 37.3 Å². The van der Waals surface area contributed by atoms with Gasteiger partial charge < -0.3 is 5.21 Å². The maximum atomic E-state index is 13.0. The van der Waals surface area contributed by atoms with Crippen molar-refractivity contribution in [3.63, 3.8) is 0 Å². The Balaban J connectivity index is 1.75. The highest BCUT2D eigenvalue weighted by atomic mass is 32.2. The second-order valence-corrected chi connectivity index (χ2v) is 12.4. The number of sulfonamides is 1. The Hall–Kier alpha value is -2.18. The number of unbranched alkanes of at least 4 members (excludes halogenated alkanes) is 13. The molecule has 1 unspecified atom stereocenters. The zero-order valence-corrected chi connectivity index (χ0v) is 24.6. The lowest BCUT2D eigenvalue weighted by Crippen LogP contribution is -2.40. The summed E-state index contributed by atoms with van der Waals surface area (Å²) in [5.74, 6) is 0. The molecule has 0 bridgehead atoms. The van der Waals surface area contributed by atoms with Gasteiger partial charge in [-0.1, -0.05) is 133 Å². The molecular weight excluding hydrogens is 492 g/mol. The molecule has 1 atom stereocenters. The third-order valence-electron chi connectivity index (χ3n) is 7.05. The Morgan fingerprint density at radius 2 is 1.26 bits per heavy atom. The lowest BCUT2D eigenvalue weighted by atomic mass is 10.0. The van der Waals surface area contributed by atoms with Gasteiger partial charge in [-0.25, -0.2) is 17.9 Å². The van der Waals surface area contributed by atoms with Crippen molar-refractivity contribution in [2.75, 3.05) is 6.54 Å². The van der Waals surface area contributed by atoms with E-state index in [0.29, 0.717) is 6.42 Å². The van der Waals surface area contributed by atoms with Gasteiger partial charge in [0.2, 0.25) is 10.0 Å². The number of rotatable bonds is 21. The molecule has 0 aliphatic rings. The Labute approximate surface area is 232 Å². The Morgan fingerprint density at radius 3 is 1.79 bits per heavy atom. The first kappa shape index (κ1) is 32.0. The van der Waals surface area contributed by atoms with Gasteiger partial charge in [0.15, 0.2) is 12.8 Å². The molecule has 0 aliphatic carbocycles. The number of nitrogens with zero attached hydrogens (tertiary/aromatic N) is 1. The third kappa shape index (κ3) is 14.1. The van der Waals surface area contributed by atoms with E-state index in [9.17, 15) is 13.6 Å². The summed E-state index contributed by atoms with van der Waals surface area (Å²) in [4.78, 5) is 0.235. The van der Waals surface area contributed by atoms with E-state index in [2.05, 4.69) is 11.6 Å². The molecule has 38 heavy (non-hydrogen) atoms. The highest BCUT2D eigenvalue weighted by molar-refractivity contribution is 7.89. The minimum Gasteiger partial charge on any atom is -0.624 e. The van der Waals surface area contributed by atoms with Gasteiger partial charge in [0.1, 0.15) is 0 Å². The van der Waals surface area contributed by atoms with Gasteiger partial charge in [-0.3, -0.25) is 0 Å². The quantitative estimate of drug-likeness (QED) is 0.0569. The second kappa shape index (κ2) is 19.0. The largest absolute Gasteiger partial charge is 0.624 e. The standard InChI is InChI=1S/C32H50N2O3S/c1-3-4-5-6-7-8-9-10-11-12-13-14-15-19-22-31(28-34(35)27-30-20-17-16-18-21-30)33-38(36,37)32-25-23-29(2)24-26-32/h16-18,20-21,23-27,31,33H,3-15,19,22,28H2,1-2H3/b34-27-. The van der Waals surface area contributed by atoms with E-state index in [1.54, 1.807) is 24.3 Å². The molecule has 1 N–H and O–H groups in total. The van der Waals surface area contributed by atoms with Crippen molar-refractivity contribution in [2.45, 2.75) is 121 Å². The molecule has 5 nitrogen and oxygen atoms in total. The van der Waals surface area contributed by atoms with Crippen LogP contribution in [0.25, 0.3) is 0 Å². The Kier molecular flexibility index (Phi) is 16.0. The molecule has 0 spiro atoms. The first-order chi connectivity index (χ1) is 18.4. The zero-order chi connectivity index (χ0) is 27.5. The van der Waals surface area contributed by atoms with E-state index >= 15 is 0 Å². The van der Waals surface area contributed by atoms with E-state index in [1.165, 1.54) is 76.8 Å². The van der Waals surface area contributed by atoms with Crippen LogP contribution in [-0.2, 0) is 10.0 Å². The lowest BCUT2D eigenvalue weighted by Gasteiger charge is -2.18. The predicted octanol–water partition coefficient (Wildman–Crippen LogP) is 8.14. The second-order valence-electron chi connectivity index (χ2n) is 10.7. The number of benzene rings is 2. The van der Waals surface area contributed by atoms with Crippen LogP contribution in [0.4, 0.5) is 0 Å². The molecule has 2 aromatic rings. The molecule has 212 valence electrons. The van der Waals surface area contributed by atoms with Crippen LogP contribution in [0.2, 0.25) is 0 Å². The van der Waals surface area contributed by atoms with Gasteiger partial charge in [-0.15, -0.1) is 0 Å². The first-order valence-corrected chi connectivity index (χ1v) is 16.3. The van der Waals surface area contributed by atoms with Gasteiger partial charge in [0.05, 0.1) is 10.9 Å². The van der Waals surface area contributed by atoms with Crippen LogP contribution in [0.15, 0.2) is 59.5 Å². The number of hydroxylamine groups is 1. The van der Waals surface area contributed by atoms with Crippen LogP contribution in [0, 0.1) is 12.1 Å². The Bertz CT molecular complexity index is 1000. The van der Waals surface area contributed by atoms with Gasteiger partial charge >= 0.3 is 0 Å². The fraction of sp³-hybridized carbons (Fsp3) is 0.594. The molecular formula is C32H50N2O3S. The Morgan fingerprint density at radius 1 is 0.763 bits per heavy atom. The molecule has 0 heterocycles. The normalized spacial score (nSPS) is 13.1. The summed E-state index contributed by atoms with van der Waals surface area (Å²) in [5, 5.41) is 12.7. The molecule has 0 saturated heterocycles. The van der Waals surface area contributed by atoms with Crippen molar-refractivity contribution in [3.8, 4) is 0 Å².